The molecule has 31 heavy (non-hydrogen) atoms. The van der Waals surface area contributed by atoms with Crippen molar-refractivity contribution in [3.63, 3.8) is 0 Å². The normalized spacial score (nSPS) is 45.3. The van der Waals surface area contributed by atoms with E-state index in [0.717, 1.165) is 42.1 Å². The molecule has 0 aromatic carbocycles. The molecule has 3 unspecified atom stereocenters. The van der Waals surface area contributed by atoms with Gasteiger partial charge in [0.25, 0.3) is 0 Å². The molecule has 1 aromatic rings. The summed E-state index contributed by atoms with van der Waals surface area (Å²) in [4.78, 5) is 0. The van der Waals surface area contributed by atoms with Crippen LogP contribution in [-0.4, -0.2) is 9.78 Å². The fraction of sp³-hybridized carbons (Fsp3) is 0.857. The third kappa shape index (κ3) is 3.39. The van der Waals surface area contributed by atoms with E-state index in [1.54, 1.807) is 0 Å². The summed E-state index contributed by atoms with van der Waals surface area (Å²) in [5, 5.41) is 13.6. The lowest BCUT2D eigenvalue weighted by Crippen LogP contribution is -2.53. The Morgan fingerprint density at radius 2 is 1.87 bits per heavy atom. The van der Waals surface area contributed by atoms with Crippen LogP contribution in [0.5, 0.6) is 0 Å². The van der Waals surface area contributed by atoms with E-state index in [1.807, 2.05) is 16.9 Å². The Balaban J connectivity index is 1.32. The minimum atomic E-state index is 0.510. The fourth-order valence-corrected chi connectivity index (χ4v) is 9.64. The average molecular weight is 422 g/mol. The van der Waals surface area contributed by atoms with E-state index < -0.39 is 0 Å². The van der Waals surface area contributed by atoms with Crippen molar-refractivity contribution in [2.45, 2.75) is 98.4 Å². The first-order chi connectivity index (χ1) is 14.9. The summed E-state index contributed by atoms with van der Waals surface area (Å²) >= 11 is 0. The highest BCUT2D eigenvalue weighted by molar-refractivity contribution is 5.16. The molecule has 0 N–H and O–H groups in total. The van der Waals surface area contributed by atoms with Gasteiger partial charge in [0, 0.05) is 12.7 Å². The van der Waals surface area contributed by atoms with Crippen molar-refractivity contribution in [1.82, 2.24) is 9.78 Å². The van der Waals surface area contributed by atoms with Gasteiger partial charge in [-0.3, -0.25) is 4.68 Å². The summed E-state index contributed by atoms with van der Waals surface area (Å²) in [6, 6.07) is 4.03. The standard InChI is InChI=1S/C28H43N3/c1-5-20-10-13-27(3)21(16-20)6-7-23-25-9-8-24(28(25,4)14-11-26(23)27)19(2)18-31-15-12-22(17-29)30-31/h12,15,19-21,23-26H,5-11,13-14,16,18H2,1-4H3/t19-,20+,21-,23+,24?,25?,26?,27+,28-/m1/s1. The van der Waals surface area contributed by atoms with Gasteiger partial charge >= 0.3 is 0 Å². The zero-order valence-electron chi connectivity index (χ0n) is 20.3. The Kier molecular flexibility index (Phi) is 5.51. The van der Waals surface area contributed by atoms with Gasteiger partial charge in [-0.15, -0.1) is 0 Å². The first-order valence-corrected chi connectivity index (χ1v) is 13.3. The van der Waals surface area contributed by atoms with E-state index in [1.165, 1.54) is 64.2 Å². The Hall–Kier alpha value is -1.30. The van der Waals surface area contributed by atoms with Crippen LogP contribution < -0.4 is 0 Å². The highest BCUT2D eigenvalue weighted by Crippen LogP contribution is 2.68. The molecule has 4 saturated carbocycles. The van der Waals surface area contributed by atoms with Gasteiger partial charge in [0.1, 0.15) is 6.07 Å². The van der Waals surface area contributed by atoms with E-state index in [9.17, 15) is 0 Å². The third-order valence-electron chi connectivity index (χ3n) is 11.3. The largest absolute Gasteiger partial charge is 0.271 e. The summed E-state index contributed by atoms with van der Waals surface area (Å²) in [5.74, 6) is 6.34. The second kappa shape index (κ2) is 7.93. The molecule has 0 bridgehead atoms. The lowest BCUT2D eigenvalue weighted by atomic mass is 9.44. The van der Waals surface area contributed by atoms with Crippen molar-refractivity contribution in [1.29, 1.82) is 5.26 Å². The fourth-order valence-electron chi connectivity index (χ4n) is 9.64. The van der Waals surface area contributed by atoms with Crippen LogP contribution in [0, 0.1) is 63.6 Å². The van der Waals surface area contributed by atoms with Crippen LogP contribution in [-0.2, 0) is 6.54 Å². The molecule has 4 aliphatic rings. The molecule has 4 fully saturated rings. The Labute approximate surface area is 190 Å². The Bertz CT molecular complexity index is 836. The molecular formula is C28H43N3. The Morgan fingerprint density at radius 3 is 2.61 bits per heavy atom. The molecule has 4 aliphatic carbocycles. The maximum atomic E-state index is 9.11. The predicted octanol–water partition coefficient (Wildman–Crippen LogP) is 7.08. The number of nitrogens with zero attached hydrogens (tertiary/aromatic N) is 3. The molecule has 0 aliphatic heterocycles. The SMILES string of the molecule is CC[C@H]1CC[C@]2(C)C3CC[C@@]4(C)C(CCC4[C@H](C)Cn4ccc(C#N)n4)[C@@H]3CC[C@@H]2C1. The maximum Gasteiger partial charge on any atom is 0.162 e. The van der Waals surface area contributed by atoms with Crippen LogP contribution in [0.3, 0.4) is 0 Å². The van der Waals surface area contributed by atoms with Gasteiger partial charge in [-0.1, -0.05) is 34.1 Å². The number of hydrogen-bond donors (Lipinski definition) is 0. The number of hydrogen-bond acceptors (Lipinski definition) is 2. The van der Waals surface area contributed by atoms with Crippen molar-refractivity contribution in [3.05, 3.63) is 18.0 Å². The average Bonchev–Trinajstić information content (AvgIpc) is 3.36. The van der Waals surface area contributed by atoms with E-state index >= 15 is 0 Å². The lowest BCUT2D eigenvalue weighted by molar-refractivity contribution is -0.121. The maximum absolute atomic E-state index is 9.11. The summed E-state index contributed by atoms with van der Waals surface area (Å²) in [6.07, 6.45) is 16.7. The summed E-state index contributed by atoms with van der Waals surface area (Å²) in [6.45, 7) is 11.2. The van der Waals surface area contributed by atoms with E-state index in [4.69, 9.17) is 5.26 Å². The molecule has 0 saturated heterocycles. The second-order valence-corrected chi connectivity index (χ2v) is 12.4. The first kappa shape index (κ1) is 21.5. The molecular weight excluding hydrogens is 378 g/mol. The van der Waals surface area contributed by atoms with Crippen LogP contribution in [0.4, 0.5) is 0 Å². The first-order valence-electron chi connectivity index (χ1n) is 13.3. The van der Waals surface area contributed by atoms with Crippen molar-refractivity contribution in [3.8, 4) is 6.07 Å². The summed E-state index contributed by atoms with van der Waals surface area (Å²) < 4.78 is 2.02. The van der Waals surface area contributed by atoms with E-state index in [-0.39, 0.29) is 0 Å². The molecule has 3 heteroatoms. The van der Waals surface area contributed by atoms with Crippen LogP contribution in [0.1, 0.15) is 97.6 Å². The lowest BCUT2D eigenvalue weighted by Gasteiger charge is -2.61. The number of aromatic nitrogens is 2. The molecule has 170 valence electrons. The van der Waals surface area contributed by atoms with Crippen molar-refractivity contribution in [2.24, 2.45) is 52.3 Å². The number of nitriles is 1. The van der Waals surface area contributed by atoms with Gasteiger partial charge in [-0.05, 0) is 116 Å². The topological polar surface area (TPSA) is 41.6 Å². The predicted molar refractivity (Wildman–Crippen MR) is 125 cm³/mol. The molecule has 3 nitrogen and oxygen atoms in total. The minimum absolute atomic E-state index is 0.510. The van der Waals surface area contributed by atoms with Gasteiger partial charge in [0.15, 0.2) is 5.69 Å². The quantitative estimate of drug-likeness (QED) is 0.521. The molecule has 9 atom stereocenters. The zero-order valence-corrected chi connectivity index (χ0v) is 20.3. The highest BCUT2D eigenvalue weighted by atomic mass is 15.3. The van der Waals surface area contributed by atoms with Gasteiger partial charge in [-0.25, -0.2) is 0 Å². The van der Waals surface area contributed by atoms with Gasteiger partial charge in [-0.2, -0.15) is 10.4 Å². The third-order valence-corrected chi connectivity index (χ3v) is 11.3. The molecule has 0 radical (unpaired) electrons. The molecule has 0 spiro atoms. The van der Waals surface area contributed by atoms with Crippen molar-refractivity contribution >= 4 is 0 Å². The smallest absolute Gasteiger partial charge is 0.162 e. The molecule has 5 rings (SSSR count). The summed E-state index contributed by atoms with van der Waals surface area (Å²) in [5.41, 5.74) is 1.68. The van der Waals surface area contributed by atoms with Gasteiger partial charge in [0.2, 0.25) is 0 Å². The summed E-state index contributed by atoms with van der Waals surface area (Å²) in [7, 11) is 0. The van der Waals surface area contributed by atoms with Crippen molar-refractivity contribution in [2.75, 3.05) is 0 Å². The van der Waals surface area contributed by atoms with Crippen molar-refractivity contribution < 1.29 is 0 Å². The second-order valence-electron chi connectivity index (χ2n) is 12.4. The monoisotopic (exact) mass is 421 g/mol. The minimum Gasteiger partial charge on any atom is -0.271 e. The molecule has 1 aromatic heterocycles. The molecule has 0 amide bonds. The highest BCUT2D eigenvalue weighted by Gasteiger charge is 2.60. The van der Waals surface area contributed by atoms with Gasteiger partial charge < -0.3 is 0 Å². The van der Waals surface area contributed by atoms with E-state index in [0.29, 0.717) is 22.4 Å². The van der Waals surface area contributed by atoms with Crippen LogP contribution >= 0.6 is 0 Å². The zero-order chi connectivity index (χ0) is 21.8. The molecule has 1 heterocycles. The van der Waals surface area contributed by atoms with Crippen LogP contribution in [0.25, 0.3) is 0 Å². The van der Waals surface area contributed by atoms with E-state index in [2.05, 4.69) is 38.9 Å². The van der Waals surface area contributed by atoms with Crippen LogP contribution in [0.15, 0.2) is 12.3 Å². The Morgan fingerprint density at radius 1 is 1.10 bits per heavy atom. The number of rotatable bonds is 4. The van der Waals surface area contributed by atoms with Gasteiger partial charge in [0.05, 0.1) is 0 Å². The number of fused-ring (bicyclic) bond motifs is 5. The van der Waals surface area contributed by atoms with Crippen LogP contribution in [0.2, 0.25) is 0 Å².